The third-order valence-electron chi connectivity index (χ3n) is 3.40. The van der Waals surface area contributed by atoms with Crippen LogP contribution in [-0.2, 0) is 6.61 Å². The molecular weight excluding hydrogens is 232 g/mol. The Kier molecular flexibility index (Phi) is 3.20. The lowest BCUT2D eigenvalue weighted by Gasteiger charge is -2.12. The van der Waals surface area contributed by atoms with Gasteiger partial charge >= 0.3 is 0 Å². The topological polar surface area (TPSA) is 9.23 Å². The average molecular weight is 248 g/mol. The fourth-order valence-corrected chi connectivity index (χ4v) is 2.31. The summed E-state index contributed by atoms with van der Waals surface area (Å²) < 4.78 is 5.88. The summed E-state index contributed by atoms with van der Waals surface area (Å²) in [6, 6.07) is 22.7. The summed E-state index contributed by atoms with van der Waals surface area (Å²) in [4.78, 5) is 0. The molecule has 0 heterocycles. The Morgan fingerprint density at radius 3 is 2.37 bits per heavy atom. The molecule has 3 aromatic rings. The van der Waals surface area contributed by atoms with E-state index in [-0.39, 0.29) is 0 Å². The number of ether oxygens (including phenoxy) is 1. The Balaban J connectivity index is 1.94. The van der Waals surface area contributed by atoms with E-state index < -0.39 is 0 Å². The maximum atomic E-state index is 5.88. The van der Waals surface area contributed by atoms with Crippen molar-refractivity contribution in [2.24, 2.45) is 0 Å². The van der Waals surface area contributed by atoms with Gasteiger partial charge in [-0.1, -0.05) is 54.6 Å². The molecular formula is C18H16O. The summed E-state index contributed by atoms with van der Waals surface area (Å²) >= 11 is 0. The zero-order chi connectivity index (χ0) is 13.1. The van der Waals surface area contributed by atoms with Gasteiger partial charge in [-0.05, 0) is 35.4 Å². The summed E-state index contributed by atoms with van der Waals surface area (Å²) in [7, 11) is 0. The van der Waals surface area contributed by atoms with Gasteiger partial charge in [-0.2, -0.15) is 0 Å². The summed E-state index contributed by atoms with van der Waals surface area (Å²) in [5, 5.41) is 2.54. The second-order valence-electron chi connectivity index (χ2n) is 4.68. The lowest BCUT2D eigenvalue weighted by Crippen LogP contribution is -1.99. The lowest BCUT2D eigenvalue weighted by molar-refractivity contribution is 0.307. The van der Waals surface area contributed by atoms with Crippen LogP contribution in [0.5, 0.6) is 5.75 Å². The van der Waals surface area contributed by atoms with Crippen molar-refractivity contribution < 1.29 is 4.74 Å². The molecule has 0 aliphatic carbocycles. The largest absolute Gasteiger partial charge is 0.489 e. The van der Waals surface area contributed by atoms with E-state index in [0.29, 0.717) is 6.61 Å². The maximum Gasteiger partial charge on any atom is 0.119 e. The highest BCUT2D eigenvalue weighted by Crippen LogP contribution is 2.23. The molecule has 0 amide bonds. The van der Waals surface area contributed by atoms with Gasteiger partial charge in [0.15, 0.2) is 0 Å². The molecule has 0 fully saturated rings. The second kappa shape index (κ2) is 5.15. The second-order valence-corrected chi connectivity index (χ2v) is 4.68. The summed E-state index contributed by atoms with van der Waals surface area (Å²) in [6.45, 7) is 2.74. The normalized spacial score (nSPS) is 10.6. The summed E-state index contributed by atoms with van der Waals surface area (Å²) in [6.07, 6.45) is 0. The number of fused-ring (bicyclic) bond motifs is 1. The summed E-state index contributed by atoms with van der Waals surface area (Å²) in [5.41, 5.74) is 2.54. The van der Waals surface area contributed by atoms with Crippen molar-refractivity contribution in [2.45, 2.75) is 13.5 Å². The Labute approximate surface area is 113 Å². The van der Waals surface area contributed by atoms with E-state index in [0.717, 1.165) is 5.75 Å². The first-order valence-corrected chi connectivity index (χ1v) is 6.50. The first-order chi connectivity index (χ1) is 9.34. The van der Waals surface area contributed by atoms with Crippen molar-refractivity contribution in [3.63, 3.8) is 0 Å². The molecule has 0 unspecified atom stereocenters. The van der Waals surface area contributed by atoms with Crippen LogP contribution in [-0.4, -0.2) is 0 Å². The Bertz CT molecular complexity index is 686. The van der Waals surface area contributed by atoms with Crippen LogP contribution in [0, 0.1) is 6.92 Å². The zero-order valence-corrected chi connectivity index (χ0v) is 11.0. The van der Waals surface area contributed by atoms with Crippen LogP contribution in [0.15, 0.2) is 66.7 Å². The third-order valence-corrected chi connectivity index (χ3v) is 3.40. The molecule has 1 nitrogen and oxygen atoms in total. The minimum absolute atomic E-state index is 0.608. The van der Waals surface area contributed by atoms with Gasteiger partial charge in [-0.15, -0.1) is 0 Å². The predicted molar refractivity (Wildman–Crippen MR) is 79.5 cm³/mol. The van der Waals surface area contributed by atoms with E-state index in [1.807, 2.05) is 30.3 Å². The smallest absolute Gasteiger partial charge is 0.119 e. The van der Waals surface area contributed by atoms with Gasteiger partial charge < -0.3 is 4.74 Å². The molecule has 3 rings (SSSR count). The molecule has 0 N–H and O–H groups in total. The van der Waals surface area contributed by atoms with Crippen LogP contribution in [0.3, 0.4) is 0 Å². The van der Waals surface area contributed by atoms with Crippen LogP contribution in [0.4, 0.5) is 0 Å². The zero-order valence-electron chi connectivity index (χ0n) is 11.0. The molecule has 19 heavy (non-hydrogen) atoms. The molecule has 0 aliphatic rings. The van der Waals surface area contributed by atoms with Crippen LogP contribution >= 0.6 is 0 Å². The third kappa shape index (κ3) is 2.45. The van der Waals surface area contributed by atoms with Gasteiger partial charge in [-0.3, -0.25) is 0 Å². The SMILES string of the molecule is Cc1ccc2ccccc2c1COc1ccccc1. The minimum atomic E-state index is 0.608. The van der Waals surface area contributed by atoms with Gasteiger partial charge in [-0.25, -0.2) is 0 Å². The highest BCUT2D eigenvalue weighted by molar-refractivity contribution is 5.86. The van der Waals surface area contributed by atoms with Gasteiger partial charge in [0.05, 0.1) is 0 Å². The molecule has 0 bridgehead atoms. The number of hydrogen-bond donors (Lipinski definition) is 0. The first-order valence-electron chi connectivity index (χ1n) is 6.50. The van der Waals surface area contributed by atoms with Crippen molar-refractivity contribution in [2.75, 3.05) is 0 Å². The molecule has 3 aromatic carbocycles. The number of rotatable bonds is 3. The van der Waals surface area contributed by atoms with Crippen LogP contribution in [0.1, 0.15) is 11.1 Å². The molecule has 0 saturated heterocycles. The van der Waals surface area contributed by atoms with Crippen LogP contribution in [0.25, 0.3) is 10.8 Å². The van der Waals surface area contributed by atoms with Crippen LogP contribution in [0.2, 0.25) is 0 Å². The first kappa shape index (κ1) is 11.8. The van der Waals surface area contributed by atoms with E-state index in [2.05, 4.69) is 43.3 Å². The van der Waals surface area contributed by atoms with Crippen molar-refractivity contribution in [3.8, 4) is 5.75 Å². The minimum Gasteiger partial charge on any atom is -0.489 e. The van der Waals surface area contributed by atoms with Crippen molar-refractivity contribution in [1.82, 2.24) is 0 Å². The van der Waals surface area contributed by atoms with Gasteiger partial charge in [0.1, 0.15) is 12.4 Å². The fourth-order valence-electron chi connectivity index (χ4n) is 2.31. The Morgan fingerprint density at radius 1 is 0.789 bits per heavy atom. The number of benzene rings is 3. The molecule has 0 saturated carbocycles. The summed E-state index contributed by atoms with van der Waals surface area (Å²) in [5.74, 6) is 0.912. The average Bonchev–Trinajstić information content (AvgIpc) is 2.47. The molecule has 0 aromatic heterocycles. The van der Waals surface area contributed by atoms with Gasteiger partial charge in [0.25, 0.3) is 0 Å². The van der Waals surface area contributed by atoms with Crippen molar-refractivity contribution in [1.29, 1.82) is 0 Å². The van der Waals surface area contributed by atoms with E-state index >= 15 is 0 Å². The monoisotopic (exact) mass is 248 g/mol. The molecule has 0 atom stereocenters. The number of para-hydroxylation sites is 1. The Morgan fingerprint density at radius 2 is 1.53 bits per heavy atom. The highest BCUT2D eigenvalue weighted by atomic mass is 16.5. The number of hydrogen-bond acceptors (Lipinski definition) is 1. The van der Waals surface area contributed by atoms with Crippen molar-refractivity contribution >= 4 is 10.8 Å². The predicted octanol–water partition coefficient (Wildman–Crippen LogP) is 4.73. The van der Waals surface area contributed by atoms with E-state index in [4.69, 9.17) is 4.74 Å². The molecule has 0 spiro atoms. The van der Waals surface area contributed by atoms with E-state index in [1.165, 1.54) is 21.9 Å². The standard InChI is InChI=1S/C18H16O/c1-14-11-12-15-7-5-6-10-17(15)18(14)13-19-16-8-3-2-4-9-16/h2-12H,13H2,1H3. The maximum absolute atomic E-state index is 5.88. The lowest BCUT2D eigenvalue weighted by atomic mass is 10.0. The fraction of sp³-hybridized carbons (Fsp3) is 0.111. The molecule has 0 aliphatic heterocycles. The number of aryl methyl sites for hydroxylation is 1. The van der Waals surface area contributed by atoms with E-state index in [1.54, 1.807) is 0 Å². The highest BCUT2D eigenvalue weighted by Gasteiger charge is 2.05. The van der Waals surface area contributed by atoms with E-state index in [9.17, 15) is 0 Å². The Hall–Kier alpha value is -2.28. The molecule has 94 valence electrons. The van der Waals surface area contributed by atoms with Crippen molar-refractivity contribution in [3.05, 3.63) is 77.9 Å². The van der Waals surface area contributed by atoms with Crippen LogP contribution < -0.4 is 4.74 Å². The quantitative estimate of drug-likeness (QED) is 0.651. The van der Waals surface area contributed by atoms with Gasteiger partial charge in [0.2, 0.25) is 0 Å². The molecule has 0 radical (unpaired) electrons. The van der Waals surface area contributed by atoms with Gasteiger partial charge in [0, 0.05) is 5.56 Å². The molecule has 1 heteroatoms.